The number of piperazine rings is 1. The highest BCUT2D eigenvalue weighted by molar-refractivity contribution is 7.90. The normalized spacial score (nSPS) is 15.7. The Bertz CT molecular complexity index is 1070. The summed E-state index contributed by atoms with van der Waals surface area (Å²) < 4.78 is 22.5. The second-order valence-corrected chi connectivity index (χ2v) is 11.0. The molecule has 1 saturated heterocycles. The Morgan fingerprint density at radius 1 is 1.28 bits per heavy atom. The van der Waals surface area contributed by atoms with Crippen molar-refractivity contribution in [1.82, 2.24) is 25.2 Å². The standard InChI is InChI=1S/C19H26N8O3S2/c1-14(3-8-32(2,29)30)24-18(28)12-26-4-6-27(7-5-26)17-9-16(22-13-23-17)25-19-21-11-15(10-20)31-19/h9,11,13-14H,3-8,12H2,1-2H3,(H,24,28)(H,21,22,23,25). The Kier molecular flexibility index (Phi) is 7.94. The number of hydrogen-bond donors (Lipinski definition) is 2. The van der Waals surface area contributed by atoms with E-state index in [0.29, 0.717) is 48.4 Å². The molecule has 13 heteroatoms. The van der Waals surface area contributed by atoms with E-state index in [1.807, 2.05) is 13.0 Å². The Labute approximate surface area is 191 Å². The lowest BCUT2D eigenvalue weighted by atomic mass is 10.2. The van der Waals surface area contributed by atoms with E-state index in [-0.39, 0.29) is 24.2 Å². The van der Waals surface area contributed by atoms with Crippen molar-refractivity contribution >= 4 is 43.8 Å². The third-order valence-corrected chi connectivity index (χ3v) is 6.69. The molecule has 2 N–H and O–H groups in total. The zero-order chi connectivity index (χ0) is 23.1. The summed E-state index contributed by atoms with van der Waals surface area (Å²) in [4.78, 5) is 29.7. The molecular formula is C19H26N8O3S2. The summed E-state index contributed by atoms with van der Waals surface area (Å²) in [5.74, 6) is 1.33. The topological polar surface area (TPSA) is 144 Å². The molecule has 2 aromatic rings. The van der Waals surface area contributed by atoms with Crippen LogP contribution in [0, 0.1) is 11.3 Å². The molecule has 32 heavy (non-hydrogen) atoms. The van der Waals surface area contributed by atoms with Crippen molar-refractivity contribution in [3.05, 3.63) is 23.5 Å². The molecule has 1 unspecified atom stereocenters. The van der Waals surface area contributed by atoms with Gasteiger partial charge in [0.05, 0.1) is 18.5 Å². The summed E-state index contributed by atoms with van der Waals surface area (Å²) in [6.45, 7) is 4.92. The number of rotatable bonds is 9. The molecule has 0 aliphatic carbocycles. The molecule has 1 aliphatic heterocycles. The van der Waals surface area contributed by atoms with Gasteiger partial charge in [-0.2, -0.15) is 5.26 Å². The predicted octanol–water partition coefficient (Wildman–Crippen LogP) is 0.610. The third-order valence-electron chi connectivity index (χ3n) is 4.90. The van der Waals surface area contributed by atoms with Gasteiger partial charge in [-0.3, -0.25) is 9.69 Å². The van der Waals surface area contributed by atoms with Crippen molar-refractivity contribution in [2.45, 2.75) is 19.4 Å². The first-order valence-corrected chi connectivity index (χ1v) is 13.0. The van der Waals surface area contributed by atoms with Crippen LogP contribution in [0.15, 0.2) is 18.6 Å². The highest BCUT2D eigenvalue weighted by Gasteiger charge is 2.21. The highest BCUT2D eigenvalue weighted by Crippen LogP contribution is 2.23. The molecule has 1 fully saturated rings. The smallest absolute Gasteiger partial charge is 0.234 e. The number of anilines is 3. The molecule has 3 heterocycles. The fourth-order valence-electron chi connectivity index (χ4n) is 3.20. The summed E-state index contributed by atoms with van der Waals surface area (Å²) in [6, 6.07) is 3.70. The van der Waals surface area contributed by atoms with Gasteiger partial charge < -0.3 is 15.5 Å². The molecule has 3 rings (SSSR count). The first kappa shape index (κ1) is 23.8. The van der Waals surface area contributed by atoms with E-state index in [9.17, 15) is 13.2 Å². The van der Waals surface area contributed by atoms with Crippen molar-refractivity contribution in [2.75, 3.05) is 54.9 Å². The second-order valence-electron chi connectivity index (χ2n) is 7.68. The summed E-state index contributed by atoms with van der Waals surface area (Å²) in [6.07, 6.45) is 4.59. The molecule has 1 atom stereocenters. The van der Waals surface area contributed by atoms with Crippen LogP contribution in [-0.4, -0.2) is 85.0 Å². The molecule has 0 saturated carbocycles. The maximum atomic E-state index is 12.3. The van der Waals surface area contributed by atoms with Crippen molar-refractivity contribution < 1.29 is 13.2 Å². The lowest BCUT2D eigenvalue weighted by Gasteiger charge is -2.35. The Hall–Kier alpha value is -2.82. The molecular weight excluding hydrogens is 452 g/mol. The van der Waals surface area contributed by atoms with Crippen LogP contribution in [-0.2, 0) is 14.6 Å². The maximum Gasteiger partial charge on any atom is 0.234 e. The quantitative estimate of drug-likeness (QED) is 0.526. The number of amides is 1. The summed E-state index contributed by atoms with van der Waals surface area (Å²) in [7, 11) is -3.03. The number of sulfone groups is 1. The SMILES string of the molecule is CC(CCS(C)(=O)=O)NC(=O)CN1CCN(c2cc(Nc3ncc(C#N)s3)ncn2)CC1. The van der Waals surface area contributed by atoms with Gasteiger partial charge >= 0.3 is 0 Å². The molecule has 11 nitrogen and oxygen atoms in total. The van der Waals surface area contributed by atoms with Crippen molar-refractivity contribution in [2.24, 2.45) is 0 Å². The largest absolute Gasteiger partial charge is 0.354 e. The number of carbonyl (C=O) groups is 1. The molecule has 0 aromatic carbocycles. The fourth-order valence-corrected chi connectivity index (χ4v) is 4.61. The fraction of sp³-hybridized carbons (Fsp3) is 0.526. The van der Waals surface area contributed by atoms with E-state index in [2.05, 4.69) is 41.5 Å². The Morgan fingerprint density at radius 2 is 2.03 bits per heavy atom. The molecule has 0 spiro atoms. The molecule has 1 amide bonds. The van der Waals surface area contributed by atoms with Crippen molar-refractivity contribution in [3.63, 3.8) is 0 Å². The van der Waals surface area contributed by atoms with Gasteiger partial charge in [-0.1, -0.05) is 11.3 Å². The zero-order valence-corrected chi connectivity index (χ0v) is 19.6. The van der Waals surface area contributed by atoms with Gasteiger partial charge in [0, 0.05) is 44.5 Å². The minimum Gasteiger partial charge on any atom is -0.354 e. The number of nitrogens with zero attached hydrogens (tertiary/aromatic N) is 6. The van der Waals surface area contributed by atoms with E-state index >= 15 is 0 Å². The van der Waals surface area contributed by atoms with Gasteiger partial charge in [-0.25, -0.2) is 23.4 Å². The van der Waals surface area contributed by atoms with Crippen molar-refractivity contribution in [3.8, 4) is 6.07 Å². The summed E-state index contributed by atoms with van der Waals surface area (Å²) in [5.41, 5.74) is 0. The number of nitrogens with one attached hydrogen (secondary N) is 2. The molecule has 172 valence electrons. The average Bonchev–Trinajstić information content (AvgIpc) is 3.20. The van der Waals surface area contributed by atoms with Gasteiger partial charge in [0.1, 0.15) is 38.7 Å². The van der Waals surface area contributed by atoms with Crippen LogP contribution in [0.5, 0.6) is 0 Å². The number of aromatic nitrogens is 3. The summed E-state index contributed by atoms with van der Waals surface area (Å²) >= 11 is 1.25. The predicted molar refractivity (Wildman–Crippen MR) is 123 cm³/mol. The van der Waals surface area contributed by atoms with Gasteiger partial charge in [0.25, 0.3) is 0 Å². The highest BCUT2D eigenvalue weighted by atomic mass is 32.2. The zero-order valence-electron chi connectivity index (χ0n) is 18.0. The third kappa shape index (κ3) is 7.40. The number of thiazole rings is 1. The van der Waals surface area contributed by atoms with E-state index in [0.717, 1.165) is 5.82 Å². The van der Waals surface area contributed by atoms with Crippen LogP contribution >= 0.6 is 11.3 Å². The van der Waals surface area contributed by atoms with Gasteiger partial charge in [0.15, 0.2) is 5.13 Å². The van der Waals surface area contributed by atoms with Gasteiger partial charge in [-0.05, 0) is 13.3 Å². The lowest BCUT2D eigenvalue weighted by Crippen LogP contribution is -2.50. The van der Waals surface area contributed by atoms with Crippen LogP contribution in [0.1, 0.15) is 18.2 Å². The number of carbonyl (C=O) groups excluding carboxylic acids is 1. The first-order valence-electron chi connectivity index (χ1n) is 10.1. The van der Waals surface area contributed by atoms with E-state index in [1.165, 1.54) is 30.1 Å². The number of nitriles is 1. The van der Waals surface area contributed by atoms with Crippen LogP contribution in [0.3, 0.4) is 0 Å². The van der Waals surface area contributed by atoms with E-state index in [4.69, 9.17) is 5.26 Å². The minimum atomic E-state index is -3.03. The van der Waals surface area contributed by atoms with E-state index < -0.39 is 9.84 Å². The monoisotopic (exact) mass is 478 g/mol. The first-order chi connectivity index (χ1) is 15.2. The van der Waals surface area contributed by atoms with Gasteiger partial charge in [-0.15, -0.1) is 0 Å². The van der Waals surface area contributed by atoms with Crippen LogP contribution in [0.2, 0.25) is 0 Å². The second kappa shape index (κ2) is 10.7. The Balaban J connectivity index is 1.46. The van der Waals surface area contributed by atoms with Gasteiger partial charge in [0.2, 0.25) is 5.91 Å². The molecule has 1 aliphatic rings. The average molecular weight is 479 g/mol. The van der Waals surface area contributed by atoms with Crippen LogP contribution < -0.4 is 15.5 Å². The number of hydrogen-bond acceptors (Lipinski definition) is 11. The lowest BCUT2D eigenvalue weighted by molar-refractivity contribution is -0.122. The molecule has 2 aromatic heterocycles. The minimum absolute atomic E-state index is 0.0604. The Morgan fingerprint density at radius 3 is 2.69 bits per heavy atom. The van der Waals surface area contributed by atoms with Crippen molar-refractivity contribution in [1.29, 1.82) is 5.26 Å². The van der Waals surface area contributed by atoms with Crippen LogP contribution in [0.4, 0.5) is 16.8 Å². The molecule has 0 radical (unpaired) electrons. The van der Waals surface area contributed by atoms with E-state index in [1.54, 1.807) is 0 Å². The van der Waals surface area contributed by atoms with Crippen LogP contribution in [0.25, 0.3) is 0 Å². The summed E-state index contributed by atoms with van der Waals surface area (Å²) in [5, 5.41) is 15.5. The molecule has 0 bridgehead atoms. The maximum absolute atomic E-state index is 12.3.